The van der Waals surface area contributed by atoms with Crippen molar-refractivity contribution in [2.75, 3.05) is 22.3 Å². The normalized spacial score (nSPS) is 16.9. The van der Waals surface area contributed by atoms with Crippen molar-refractivity contribution in [1.29, 1.82) is 0 Å². The number of ether oxygens (including phenoxy) is 1. The van der Waals surface area contributed by atoms with Gasteiger partial charge in [0.2, 0.25) is 0 Å². The maximum Gasteiger partial charge on any atom is 0.326 e. The van der Waals surface area contributed by atoms with Gasteiger partial charge in [-0.3, -0.25) is 4.79 Å². The van der Waals surface area contributed by atoms with E-state index in [0.717, 1.165) is 15.4 Å². The molecule has 1 fully saturated rings. The molecule has 5 rings (SSSR count). The van der Waals surface area contributed by atoms with Crippen LogP contribution < -0.4 is 18.7 Å². The van der Waals surface area contributed by atoms with Crippen LogP contribution in [0, 0.1) is 5.82 Å². The lowest BCUT2D eigenvalue weighted by molar-refractivity contribution is -0.117. The minimum absolute atomic E-state index is 0.0847. The lowest BCUT2D eigenvalue weighted by atomic mass is 9.97. The maximum atomic E-state index is 16.0. The largest absolute Gasteiger partial charge is 0.487 e. The van der Waals surface area contributed by atoms with Gasteiger partial charge in [0, 0.05) is 24.8 Å². The highest BCUT2D eigenvalue weighted by Crippen LogP contribution is 2.40. The van der Waals surface area contributed by atoms with Gasteiger partial charge in [-0.1, -0.05) is 36.4 Å². The number of aromatic nitrogens is 1. The summed E-state index contributed by atoms with van der Waals surface area (Å²) in [5.41, 5.74) is 1.69. The van der Waals surface area contributed by atoms with Crippen molar-refractivity contribution >= 4 is 27.6 Å². The zero-order chi connectivity index (χ0) is 23.0. The third-order valence-corrected chi connectivity index (χ3v) is 7.06. The second kappa shape index (κ2) is 8.36. The molecule has 1 amide bonds. The van der Waals surface area contributed by atoms with Gasteiger partial charge in [-0.15, -0.1) is 0 Å². The molecule has 1 aromatic heterocycles. The third-order valence-electron chi connectivity index (χ3n) is 5.68. The smallest absolute Gasteiger partial charge is 0.326 e. The molecule has 8 nitrogen and oxygen atoms in total. The van der Waals surface area contributed by atoms with Crippen LogP contribution in [0.3, 0.4) is 0 Å². The lowest BCUT2D eigenvalue weighted by Crippen LogP contribution is -2.34. The van der Waals surface area contributed by atoms with E-state index in [1.807, 2.05) is 52.1 Å². The molecule has 2 aliphatic rings. The molecule has 170 valence electrons. The van der Waals surface area contributed by atoms with E-state index in [1.54, 1.807) is 18.3 Å². The number of carbonyl (C=O) groups is 1. The Kier molecular flexibility index (Phi) is 5.37. The van der Waals surface area contributed by atoms with Gasteiger partial charge in [-0.25, -0.2) is 18.4 Å². The Balaban J connectivity index is 1.56. The average molecular weight is 469 g/mol. The Morgan fingerprint density at radius 2 is 1.88 bits per heavy atom. The molecule has 2 aromatic carbocycles. The van der Waals surface area contributed by atoms with E-state index >= 15 is 4.39 Å². The van der Waals surface area contributed by atoms with Gasteiger partial charge >= 0.3 is 10.2 Å². The molecular formula is C23H21FN4O4S. The summed E-state index contributed by atoms with van der Waals surface area (Å²) < 4.78 is 49.6. The van der Waals surface area contributed by atoms with Crippen LogP contribution in [0.25, 0.3) is 0 Å². The van der Waals surface area contributed by atoms with Crippen LogP contribution in [0.15, 0.2) is 60.8 Å². The second-order valence-corrected chi connectivity index (χ2v) is 9.44. The van der Waals surface area contributed by atoms with E-state index in [9.17, 15) is 13.2 Å². The molecule has 10 heteroatoms. The van der Waals surface area contributed by atoms with Crippen LogP contribution in [-0.2, 0) is 34.6 Å². The number of fused-ring (bicyclic) bond motifs is 1. The Hall–Kier alpha value is -3.66. The molecule has 0 radical (unpaired) electrons. The fourth-order valence-corrected chi connectivity index (χ4v) is 5.25. The first kappa shape index (κ1) is 21.2. The molecule has 2 aliphatic heterocycles. The van der Waals surface area contributed by atoms with Gasteiger partial charge < -0.3 is 9.64 Å². The zero-order valence-electron chi connectivity index (χ0n) is 17.6. The Morgan fingerprint density at radius 3 is 2.58 bits per heavy atom. The number of nitrogens with one attached hydrogen (secondary N) is 1. The predicted molar refractivity (Wildman–Crippen MR) is 121 cm³/mol. The van der Waals surface area contributed by atoms with E-state index in [0.29, 0.717) is 24.3 Å². The monoisotopic (exact) mass is 468 g/mol. The zero-order valence-corrected chi connectivity index (χ0v) is 18.4. The first-order valence-electron chi connectivity index (χ1n) is 10.4. The standard InChI is InChI=1S/C23H21FN4O4S/c24-22-18-13-27(20-8-4-5-10-25-20)11-9-17(18)12-19(32-15-16-6-2-1-3-7-16)23(22)28-14-21(29)26-33(28,30)31/h1-8,10,12H,9,11,13-15H2,(H,26,29). The summed E-state index contributed by atoms with van der Waals surface area (Å²) in [6.07, 6.45) is 2.20. The molecule has 0 saturated carbocycles. The number of anilines is 2. The number of pyridine rings is 1. The van der Waals surface area contributed by atoms with Crippen molar-refractivity contribution < 1.29 is 22.3 Å². The van der Waals surface area contributed by atoms with Gasteiger partial charge in [-0.05, 0) is 35.7 Å². The van der Waals surface area contributed by atoms with E-state index in [1.165, 1.54) is 0 Å². The molecule has 33 heavy (non-hydrogen) atoms. The summed E-state index contributed by atoms with van der Waals surface area (Å²) in [6.45, 7) is 0.466. The van der Waals surface area contributed by atoms with E-state index in [-0.39, 0.29) is 24.6 Å². The molecule has 3 heterocycles. The second-order valence-electron chi connectivity index (χ2n) is 7.85. The number of halogens is 1. The predicted octanol–water partition coefficient (Wildman–Crippen LogP) is 2.54. The molecule has 3 aromatic rings. The summed E-state index contributed by atoms with van der Waals surface area (Å²) in [4.78, 5) is 18.1. The van der Waals surface area contributed by atoms with E-state index in [4.69, 9.17) is 4.74 Å². The summed E-state index contributed by atoms with van der Waals surface area (Å²) >= 11 is 0. The maximum absolute atomic E-state index is 16.0. The van der Waals surface area contributed by atoms with Gasteiger partial charge in [-0.2, -0.15) is 8.42 Å². The minimum Gasteiger partial charge on any atom is -0.487 e. The van der Waals surface area contributed by atoms with Crippen molar-refractivity contribution in [3.63, 3.8) is 0 Å². The topological polar surface area (TPSA) is 91.8 Å². The molecule has 0 atom stereocenters. The van der Waals surface area contributed by atoms with Crippen molar-refractivity contribution in [2.24, 2.45) is 0 Å². The number of amides is 1. The fourth-order valence-electron chi connectivity index (χ4n) is 4.09. The molecule has 1 N–H and O–H groups in total. The van der Waals surface area contributed by atoms with Crippen molar-refractivity contribution in [2.45, 2.75) is 19.6 Å². The molecule has 0 spiro atoms. The van der Waals surface area contributed by atoms with Gasteiger partial charge in [0.1, 0.15) is 30.4 Å². The Bertz CT molecular complexity index is 1300. The molecular weight excluding hydrogens is 447 g/mol. The highest BCUT2D eigenvalue weighted by atomic mass is 32.2. The van der Waals surface area contributed by atoms with Crippen LogP contribution in [-0.4, -0.2) is 32.4 Å². The van der Waals surface area contributed by atoms with Gasteiger partial charge in [0.25, 0.3) is 5.91 Å². The van der Waals surface area contributed by atoms with Crippen LogP contribution in [0.1, 0.15) is 16.7 Å². The Labute approximate surface area is 190 Å². The van der Waals surface area contributed by atoms with Crippen molar-refractivity contribution in [1.82, 2.24) is 9.71 Å². The minimum atomic E-state index is -4.22. The van der Waals surface area contributed by atoms with Crippen molar-refractivity contribution in [3.8, 4) is 5.75 Å². The Morgan fingerprint density at radius 1 is 1.09 bits per heavy atom. The van der Waals surface area contributed by atoms with Crippen LogP contribution >= 0.6 is 0 Å². The fraction of sp³-hybridized carbons (Fsp3) is 0.217. The molecule has 0 bridgehead atoms. The van der Waals surface area contributed by atoms with Crippen LogP contribution in [0.4, 0.5) is 15.9 Å². The summed E-state index contributed by atoms with van der Waals surface area (Å²) in [7, 11) is -4.22. The summed E-state index contributed by atoms with van der Waals surface area (Å²) in [5, 5.41) is 0. The molecule has 1 saturated heterocycles. The number of nitrogens with zero attached hydrogens (tertiary/aromatic N) is 3. The highest BCUT2D eigenvalue weighted by molar-refractivity contribution is 7.92. The number of rotatable bonds is 5. The third kappa shape index (κ3) is 4.09. The number of benzene rings is 2. The lowest BCUT2D eigenvalue weighted by Gasteiger charge is -2.32. The summed E-state index contributed by atoms with van der Waals surface area (Å²) in [6, 6.07) is 16.5. The van der Waals surface area contributed by atoms with Crippen LogP contribution in [0.5, 0.6) is 5.75 Å². The SMILES string of the molecule is O=C1CN(c2c(OCc3ccccc3)cc3c(c2F)CN(c2ccccn2)CC3)S(=O)(=O)N1. The first-order chi connectivity index (χ1) is 15.9. The first-order valence-corrected chi connectivity index (χ1v) is 11.9. The van der Waals surface area contributed by atoms with Gasteiger partial charge in [0.05, 0.1) is 0 Å². The highest BCUT2D eigenvalue weighted by Gasteiger charge is 2.39. The molecule has 0 unspecified atom stereocenters. The summed E-state index contributed by atoms with van der Waals surface area (Å²) in [5.74, 6) is -0.645. The average Bonchev–Trinajstić information content (AvgIpc) is 3.10. The van der Waals surface area contributed by atoms with Crippen molar-refractivity contribution in [3.05, 3.63) is 83.3 Å². The van der Waals surface area contributed by atoms with E-state index in [2.05, 4.69) is 4.98 Å². The van der Waals surface area contributed by atoms with E-state index < -0.39 is 28.5 Å². The quantitative estimate of drug-likeness (QED) is 0.619. The number of carbonyl (C=O) groups excluding carboxylic acids is 1. The van der Waals surface area contributed by atoms with Gasteiger partial charge in [0.15, 0.2) is 5.82 Å². The number of hydrogen-bond acceptors (Lipinski definition) is 6. The number of hydrogen-bond donors (Lipinski definition) is 1. The molecule has 0 aliphatic carbocycles. The van der Waals surface area contributed by atoms with Crippen LogP contribution in [0.2, 0.25) is 0 Å².